The molecule has 0 fully saturated rings. The number of nitrogens with one attached hydrogen (secondary N) is 2. The minimum absolute atomic E-state index is 0.0282. The molecule has 116 valence electrons. The second-order valence-electron chi connectivity index (χ2n) is 4.31. The summed E-state index contributed by atoms with van der Waals surface area (Å²) < 4.78 is 26.4. The third kappa shape index (κ3) is 4.39. The van der Waals surface area contributed by atoms with E-state index in [1.165, 1.54) is 19.9 Å². The van der Waals surface area contributed by atoms with Gasteiger partial charge in [0, 0.05) is 26.1 Å². The Kier molecular flexibility index (Phi) is 5.22. The largest absolute Gasteiger partial charge is 0.393 e. The molecule has 0 bridgehead atoms. The van der Waals surface area contributed by atoms with Crippen LogP contribution in [0, 0.1) is 17.0 Å². The number of carbonyl (C=O) groups excluding carboxylic acids is 1. The maximum atomic E-state index is 12.1. The highest BCUT2D eigenvalue weighted by Gasteiger charge is 2.22. The summed E-state index contributed by atoms with van der Waals surface area (Å²) in [5, 5.41) is 13.2. The average Bonchev–Trinajstić information content (AvgIpc) is 2.33. The number of nitrogens with zero attached hydrogens (tertiary/aromatic N) is 1. The Bertz CT molecular complexity index is 671. The van der Waals surface area contributed by atoms with Crippen LogP contribution in [0.3, 0.4) is 0 Å². The van der Waals surface area contributed by atoms with E-state index in [4.69, 9.17) is 5.73 Å². The fourth-order valence-electron chi connectivity index (χ4n) is 1.65. The minimum atomic E-state index is -3.92. The van der Waals surface area contributed by atoms with E-state index in [1.54, 1.807) is 0 Å². The summed E-state index contributed by atoms with van der Waals surface area (Å²) >= 11 is 0. The molecule has 0 aliphatic heterocycles. The van der Waals surface area contributed by atoms with Crippen molar-refractivity contribution in [2.45, 2.75) is 18.7 Å². The number of hydrogen-bond acceptors (Lipinski definition) is 6. The Labute approximate surface area is 121 Å². The van der Waals surface area contributed by atoms with Crippen molar-refractivity contribution in [2.24, 2.45) is 0 Å². The van der Waals surface area contributed by atoms with E-state index in [2.05, 4.69) is 10.0 Å². The number of rotatable bonds is 6. The van der Waals surface area contributed by atoms with E-state index in [1.807, 2.05) is 0 Å². The van der Waals surface area contributed by atoms with Crippen molar-refractivity contribution >= 4 is 27.3 Å². The molecule has 21 heavy (non-hydrogen) atoms. The van der Waals surface area contributed by atoms with Crippen LogP contribution in [-0.4, -0.2) is 32.3 Å². The van der Waals surface area contributed by atoms with Gasteiger partial charge in [-0.25, -0.2) is 13.1 Å². The first kappa shape index (κ1) is 16.9. The van der Waals surface area contributed by atoms with Crippen LogP contribution in [0.4, 0.5) is 11.4 Å². The van der Waals surface area contributed by atoms with Crippen LogP contribution in [-0.2, 0) is 14.8 Å². The Morgan fingerprint density at radius 2 is 2.00 bits per heavy atom. The number of hydrogen-bond donors (Lipinski definition) is 3. The molecule has 0 saturated carbocycles. The zero-order valence-electron chi connectivity index (χ0n) is 11.5. The second-order valence-corrected chi connectivity index (χ2v) is 6.05. The van der Waals surface area contributed by atoms with Crippen LogP contribution in [0.5, 0.6) is 0 Å². The predicted molar refractivity (Wildman–Crippen MR) is 76.1 cm³/mol. The summed E-state index contributed by atoms with van der Waals surface area (Å²) in [7, 11) is -3.92. The molecular weight excluding hydrogens is 300 g/mol. The first-order valence-electron chi connectivity index (χ1n) is 5.93. The van der Waals surface area contributed by atoms with Gasteiger partial charge in [-0.05, 0) is 18.6 Å². The van der Waals surface area contributed by atoms with Crippen molar-refractivity contribution in [3.05, 3.63) is 27.8 Å². The maximum absolute atomic E-state index is 12.1. The Morgan fingerprint density at radius 1 is 1.38 bits per heavy atom. The van der Waals surface area contributed by atoms with E-state index in [-0.39, 0.29) is 29.6 Å². The molecule has 0 aliphatic rings. The molecular formula is C11H16N4O5S. The highest BCUT2D eigenvalue weighted by Crippen LogP contribution is 2.27. The number of nitro groups is 1. The zero-order chi connectivity index (χ0) is 16.2. The lowest BCUT2D eigenvalue weighted by molar-refractivity contribution is -0.384. The van der Waals surface area contributed by atoms with Crippen molar-refractivity contribution in [1.29, 1.82) is 0 Å². The fraction of sp³-hybridized carbons (Fsp3) is 0.364. The molecule has 0 radical (unpaired) electrons. The quantitative estimate of drug-likeness (QED) is 0.289. The summed E-state index contributed by atoms with van der Waals surface area (Å²) in [6.45, 7) is 2.88. The topological polar surface area (TPSA) is 144 Å². The Morgan fingerprint density at radius 3 is 2.52 bits per heavy atom. The second kappa shape index (κ2) is 6.50. The minimum Gasteiger partial charge on any atom is -0.393 e. The number of amides is 1. The molecule has 0 unspecified atom stereocenters. The molecule has 1 rings (SSSR count). The number of sulfonamides is 1. The molecule has 0 saturated heterocycles. The molecule has 1 aromatic rings. The van der Waals surface area contributed by atoms with E-state index in [0.717, 1.165) is 6.07 Å². The van der Waals surface area contributed by atoms with Crippen LogP contribution < -0.4 is 15.8 Å². The molecule has 1 amide bonds. The average molecular weight is 316 g/mol. The van der Waals surface area contributed by atoms with Crippen molar-refractivity contribution in [2.75, 3.05) is 18.8 Å². The van der Waals surface area contributed by atoms with Crippen LogP contribution in [0.2, 0.25) is 0 Å². The zero-order valence-corrected chi connectivity index (χ0v) is 12.4. The summed E-state index contributed by atoms with van der Waals surface area (Å²) in [6, 6.07) is 2.16. The van der Waals surface area contributed by atoms with Gasteiger partial charge in [-0.1, -0.05) is 0 Å². The molecule has 9 nitrogen and oxygen atoms in total. The number of benzene rings is 1. The van der Waals surface area contributed by atoms with E-state index in [0.29, 0.717) is 5.56 Å². The van der Waals surface area contributed by atoms with Gasteiger partial charge in [0.05, 0.1) is 9.82 Å². The number of nitro benzene ring substituents is 1. The van der Waals surface area contributed by atoms with Gasteiger partial charge in [-0.3, -0.25) is 14.9 Å². The lowest BCUT2D eigenvalue weighted by Gasteiger charge is -2.10. The van der Waals surface area contributed by atoms with Gasteiger partial charge in [0.15, 0.2) is 0 Å². The number of carbonyl (C=O) groups is 1. The van der Waals surface area contributed by atoms with Crippen LogP contribution >= 0.6 is 0 Å². The van der Waals surface area contributed by atoms with E-state index < -0.39 is 20.6 Å². The summed E-state index contributed by atoms with van der Waals surface area (Å²) in [5.74, 6) is -0.284. The van der Waals surface area contributed by atoms with Gasteiger partial charge in [-0.2, -0.15) is 0 Å². The van der Waals surface area contributed by atoms with E-state index >= 15 is 0 Å². The third-order valence-corrected chi connectivity index (χ3v) is 4.20. The fourth-order valence-corrected chi connectivity index (χ4v) is 2.92. The smallest absolute Gasteiger partial charge is 0.293 e. The van der Waals surface area contributed by atoms with Gasteiger partial charge in [0.1, 0.15) is 5.69 Å². The first-order valence-corrected chi connectivity index (χ1v) is 7.42. The SMILES string of the molecule is CC(=O)NCCNS(=O)(=O)c1cc([N+](=O)[O-])c(N)cc1C. The molecule has 10 heteroatoms. The molecule has 0 aliphatic carbocycles. The monoisotopic (exact) mass is 316 g/mol. The molecule has 0 atom stereocenters. The summed E-state index contributed by atoms with van der Waals surface area (Å²) in [5.41, 5.74) is 5.21. The summed E-state index contributed by atoms with van der Waals surface area (Å²) in [6.07, 6.45) is 0. The lowest BCUT2D eigenvalue weighted by Crippen LogP contribution is -2.34. The van der Waals surface area contributed by atoms with Gasteiger partial charge >= 0.3 is 0 Å². The van der Waals surface area contributed by atoms with E-state index in [9.17, 15) is 23.3 Å². The van der Waals surface area contributed by atoms with Gasteiger partial charge in [0.25, 0.3) is 5.69 Å². The van der Waals surface area contributed by atoms with Gasteiger partial charge in [0.2, 0.25) is 15.9 Å². The molecule has 4 N–H and O–H groups in total. The number of aryl methyl sites for hydroxylation is 1. The van der Waals surface area contributed by atoms with Crippen LogP contribution in [0.25, 0.3) is 0 Å². The van der Waals surface area contributed by atoms with Gasteiger partial charge < -0.3 is 11.1 Å². The molecule has 0 heterocycles. The highest BCUT2D eigenvalue weighted by atomic mass is 32.2. The molecule has 0 spiro atoms. The van der Waals surface area contributed by atoms with Crippen LogP contribution in [0.15, 0.2) is 17.0 Å². The Balaban J connectivity index is 3.00. The van der Waals surface area contributed by atoms with Crippen molar-refractivity contribution in [3.8, 4) is 0 Å². The Hall–Kier alpha value is -2.20. The predicted octanol–water partition coefficient (Wildman–Crippen LogP) is -0.100. The number of nitrogen functional groups attached to an aromatic ring is 1. The molecule has 0 aromatic heterocycles. The first-order chi connectivity index (χ1) is 9.65. The number of anilines is 1. The highest BCUT2D eigenvalue weighted by molar-refractivity contribution is 7.89. The van der Waals surface area contributed by atoms with Crippen molar-refractivity contribution in [3.63, 3.8) is 0 Å². The standard InChI is InChI=1S/C11H16N4O5S/c1-7-5-9(12)10(15(17)18)6-11(7)21(19,20)14-4-3-13-8(2)16/h5-6,14H,3-4,12H2,1-2H3,(H,13,16). The van der Waals surface area contributed by atoms with Crippen molar-refractivity contribution < 1.29 is 18.1 Å². The number of nitrogens with two attached hydrogens (primary N) is 1. The van der Waals surface area contributed by atoms with Crippen LogP contribution in [0.1, 0.15) is 12.5 Å². The summed E-state index contributed by atoms with van der Waals surface area (Å²) in [4.78, 5) is 20.5. The normalized spacial score (nSPS) is 11.1. The lowest BCUT2D eigenvalue weighted by atomic mass is 10.2. The van der Waals surface area contributed by atoms with Gasteiger partial charge in [-0.15, -0.1) is 0 Å². The molecule has 1 aromatic carbocycles. The maximum Gasteiger partial charge on any atom is 0.293 e. The van der Waals surface area contributed by atoms with Crippen molar-refractivity contribution in [1.82, 2.24) is 10.0 Å². The third-order valence-electron chi connectivity index (χ3n) is 2.60.